The lowest BCUT2D eigenvalue weighted by molar-refractivity contribution is -0.146. The number of hydrogen-bond donors (Lipinski definition) is 2. The zero-order valence-corrected chi connectivity index (χ0v) is 7.04. The molecule has 0 aliphatic heterocycles. The molecule has 0 spiro atoms. The van der Waals surface area contributed by atoms with Gasteiger partial charge in [0.15, 0.2) is 0 Å². The zero-order chi connectivity index (χ0) is 11.1. The highest BCUT2D eigenvalue weighted by Crippen LogP contribution is 2.28. The molecular formula is C6H4F3N5O. The number of H-pyrrole nitrogens is 1. The van der Waals surface area contributed by atoms with Crippen molar-refractivity contribution in [2.45, 2.75) is 6.18 Å². The number of nitrogens with two attached hydrogens (primary N) is 1. The number of nitrogen functional groups attached to an aromatic ring is 1. The van der Waals surface area contributed by atoms with Gasteiger partial charge in [0, 0.05) is 6.07 Å². The average molecular weight is 219 g/mol. The fraction of sp³-hybridized carbons (Fsp3) is 0.167. The fourth-order valence-corrected chi connectivity index (χ4v) is 0.895. The number of aromatic nitrogens is 4. The predicted molar refractivity (Wildman–Crippen MR) is 41.3 cm³/mol. The van der Waals surface area contributed by atoms with Gasteiger partial charge < -0.3 is 10.3 Å². The number of anilines is 1. The van der Waals surface area contributed by atoms with Gasteiger partial charge in [-0.1, -0.05) is 5.16 Å². The second-order valence-electron chi connectivity index (χ2n) is 2.63. The molecule has 0 saturated carbocycles. The third-order valence-electron chi connectivity index (χ3n) is 1.51. The highest BCUT2D eigenvalue weighted by Gasteiger charge is 2.37. The maximum Gasteiger partial charge on any atom is 0.455 e. The Bertz CT molecular complexity index is 473. The van der Waals surface area contributed by atoms with E-state index in [1.54, 1.807) is 0 Å². The first-order valence-electron chi connectivity index (χ1n) is 3.69. The number of halogens is 3. The number of alkyl halides is 3. The van der Waals surface area contributed by atoms with Crippen molar-refractivity contribution in [3.05, 3.63) is 11.9 Å². The second-order valence-corrected chi connectivity index (χ2v) is 2.63. The van der Waals surface area contributed by atoms with Crippen LogP contribution in [0.4, 0.5) is 19.0 Å². The van der Waals surface area contributed by atoms with Crippen LogP contribution in [0.3, 0.4) is 0 Å². The van der Waals surface area contributed by atoms with E-state index in [1.165, 1.54) is 6.07 Å². The fourth-order valence-electron chi connectivity index (χ4n) is 0.895. The average Bonchev–Trinajstić information content (AvgIpc) is 2.69. The standard InChI is InChI=1S/C6H4F3N5O/c7-6(8,9)5-11-4(15-14-5)2-1-3(10)13-12-2/h1H,(H3,10,12,13). The Morgan fingerprint density at radius 3 is 2.60 bits per heavy atom. The molecular weight excluding hydrogens is 215 g/mol. The van der Waals surface area contributed by atoms with Gasteiger partial charge in [0.1, 0.15) is 11.5 Å². The Labute approximate surface area is 80.3 Å². The lowest BCUT2D eigenvalue weighted by atomic mass is 10.4. The summed E-state index contributed by atoms with van der Waals surface area (Å²) in [7, 11) is 0. The molecule has 0 atom stereocenters. The molecule has 0 bridgehead atoms. The minimum Gasteiger partial charge on any atom is -0.382 e. The molecule has 0 saturated heterocycles. The van der Waals surface area contributed by atoms with Gasteiger partial charge in [-0.3, -0.25) is 5.10 Å². The van der Waals surface area contributed by atoms with E-state index in [0.717, 1.165) is 0 Å². The van der Waals surface area contributed by atoms with Crippen molar-refractivity contribution in [3.8, 4) is 11.6 Å². The SMILES string of the molecule is Nc1cc(-c2nc(C(F)(F)F)no2)[nH]n1. The van der Waals surface area contributed by atoms with Crippen LogP contribution in [-0.4, -0.2) is 20.3 Å². The van der Waals surface area contributed by atoms with Crippen molar-refractivity contribution in [1.29, 1.82) is 0 Å². The molecule has 0 amide bonds. The van der Waals surface area contributed by atoms with E-state index >= 15 is 0 Å². The summed E-state index contributed by atoms with van der Waals surface area (Å²) in [6, 6.07) is 1.29. The summed E-state index contributed by atoms with van der Waals surface area (Å²) >= 11 is 0. The summed E-state index contributed by atoms with van der Waals surface area (Å²) in [6.07, 6.45) is -4.63. The number of nitrogens with zero attached hydrogens (tertiary/aromatic N) is 3. The quantitative estimate of drug-likeness (QED) is 0.747. The van der Waals surface area contributed by atoms with E-state index in [0.29, 0.717) is 0 Å². The number of nitrogens with one attached hydrogen (secondary N) is 1. The van der Waals surface area contributed by atoms with Crippen LogP contribution in [0.25, 0.3) is 11.6 Å². The largest absolute Gasteiger partial charge is 0.455 e. The third kappa shape index (κ3) is 1.75. The zero-order valence-electron chi connectivity index (χ0n) is 7.04. The number of hydrogen-bond acceptors (Lipinski definition) is 5. The van der Waals surface area contributed by atoms with Gasteiger partial charge in [-0.15, -0.1) is 0 Å². The van der Waals surface area contributed by atoms with Crippen molar-refractivity contribution in [2.24, 2.45) is 0 Å². The van der Waals surface area contributed by atoms with Gasteiger partial charge in [0.05, 0.1) is 0 Å². The maximum atomic E-state index is 12.1. The van der Waals surface area contributed by atoms with Gasteiger partial charge in [-0.05, 0) is 0 Å². The lowest BCUT2D eigenvalue weighted by Crippen LogP contribution is -2.07. The molecule has 6 nitrogen and oxygen atoms in total. The molecule has 3 N–H and O–H groups in total. The van der Waals surface area contributed by atoms with Crippen molar-refractivity contribution in [1.82, 2.24) is 20.3 Å². The molecule has 0 radical (unpaired) electrons. The van der Waals surface area contributed by atoms with Gasteiger partial charge in [-0.25, -0.2) is 0 Å². The van der Waals surface area contributed by atoms with Crippen LogP contribution in [0.1, 0.15) is 5.82 Å². The third-order valence-corrected chi connectivity index (χ3v) is 1.51. The van der Waals surface area contributed by atoms with Crippen LogP contribution < -0.4 is 5.73 Å². The van der Waals surface area contributed by atoms with Crippen LogP contribution in [0, 0.1) is 0 Å². The summed E-state index contributed by atoms with van der Waals surface area (Å²) in [5, 5.41) is 8.63. The first-order chi connectivity index (χ1) is 6.97. The first-order valence-corrected chi connectivity index (χ1v) is 3.69. The number of rotatable bonds is 1. The summed E-state index contributed by atoms with van der Waals surface area (Å²) in [6.45, 7) is 0. The molecule has 0 fully saturated rings. The minimum absolute atomic E-state index is 0.122. The Morgan fingerprint density at radius 1 is 1.40 bits per heavy atom. The van der Waals surface area contributed by atoms with E-state index in [1.807, 2.05) is 0 Å². The van der Waals surface area contributed by atoms with Gasteiger partial charge in [0.25, 0.3) is 11.7 Å². The molecule has 0 aromatic carbocycles. The monoisotopic (exact) mass is 219 g/mol. The summed E-state index contributed by atoms with van der Waals surface area (Å²) in [5.74, 6) is -1.53. The molecule has 2 aromatic rings. The van der Waals surface area contributed by atoms with Crippen molar-refractivity contribution in [3.63, 3.8) is 0 Å². The van der Waals surface area contributed by atoms with Gasteiger partial charge in [0.2, 0.25) is 0 Å². The topological polar surface area (TPSA) is 93.6 Å². The number of aromatic amines is 1. The Hall–Kier alpha value is -2.06. The summed E-state index contributed by atoms with van der Waals surface area (Å²) in [4.78, 5) is 3.14. The minimum atomic E-state index is -4.63. The van der Waals surface area contributed by atoms with E-state index < -0.39 is 12.0 Å². The Morgan fingerprint density at radius 2 is 2.13 bits per heavy atom. The lowest BCUT2D eigenvalue weighted by Gasteiger charge is -1.95. The molecule has 2 rings (SSSR count). The molecule has 2 heterocycles. The first kappa shape index (κ1) is 9.49. The molecule has 0 aliphatic carbocycles. The van der Waals surface area contributed by atoms with E-state index in [9.17, 15) is 13.2 Å². The van der Waals surface area contributed by atoms with Crippen LogP contribution in [0.15, 0.2) is 10.6 Å². The molecule has 80 valence electrons. The van der Waals surface area contributed by atoms with Crippen LogP contribution in [0.2, 0.25) is 0 Å². The van der Waals surface area contributed by atoms with Crippen molar-refractivity contribution < 1.29 is 17.7 Å². The Kier molecular flexibility index (Phi) is 1.88. The van der Waals surface area contributed by atoms with Gasteiger partial charge in [-0.2, -0.15) is 23.3 Å². The second kappa shape index (κ2) is 2.97. The van der Waals surface area contributed by atoms with Gasteiger partial charge >= 0.3 is 6.18 Å². The van der Waals surface area contributed by atoms with Crippen molar-refractivity contribution >= 4 is 5.82 Å². The van der Waals surface area contributed by atoms with E-state index in [2.05, 4.69) is 24.9 Å². The van der Waals surface area contributed by atoms with E-state index in [-0.39, 0.29) is 17.4 Å². The molecule has 2 aromatic heterocycles. The smallest absolute Gasteiger partial charge is 0.382 e. The molecule has 9 heteroatoms. The molecule has 15 heavy (non-hydrogen) atoms. The molecule has 0 aliphatic rings. The van der Waals surface area contributed by atoms with Crippen LogP contribution >= 0.6 is 0 Å². The van der Waals surface area contributed by atoms with Crippen LogP contribution in [-0.2, 0) is 6.18 Å². The highest BCUT2D eigenvalue weighted by molar-refractivity contribution is 5.51. The van der Waals surface area contributed by atoms with Crippen molar-refractivity contribution in [2.75, 3.05) is 5.73 Å². The normalized spacial score (nSPS) is 11.9. The summed E-state index contributed by atoms with van der Waals surface area (Å²) in [5.41, 5.74) is 5.39. The summed E-state index contributed by atoms with van der Waals surface area (Å²) < 4.78 is 40.6. The van der Waals surface area contributed by atoms with E-state index in [4.69, 9.17) is 5.73 Å². The Balaban J connectivity index is 2.36. The maximum absolute atomic E-state index is 12.1. The highest BCUT2D eigenvalue weighted by atomic mass is 19.4. The molecule has 0 unspecified atom stereocenters. The predicted octanol–water partition coefficient (Wildman–Crippen LogP) is 1.06. The van der Waals surface area contributed by atoms with Crippen LogP contribution in [0.5, 0.6) is 0 Å².